The van der Waals surface area contributed by atoms with Gasteiger partial charge in [0.25, 0.3) is 0 Å². The SMILES string of the molecule is CC(C)(C)OC(=O)N[C@@H](c1ccc(C(F)(F)F)cc1)[C@H](C(=O)N1C(=O)OC[C@@H]1Cc1ccccc1)C(F)(F)F. The fraction of sp³-hybridized carbons (Fsp3) is 0.423. The molecule has 0 aliphatic carbocycles. The van der Waals surface area contributed by atoms with Crippen LogP contribution in [0, 0.1) is 5.92 Å². The minimum atomic E-state index is -5.35. The Morgan fingerprint density at radius 3 is 2.10 bits per heavy atom. The van der Waals surface area contributed by atoms with E-state index in [1.807, 2.05) is 5.32 Å². The average Bonchev–Trinajstić information content (AvgIpc) is 3.16. The summed E-state index contributed by atoms with van der Waals surface area (Å²) in [5, 5.41) is 1.98. The molecule has 3 rings (SSSR count). The quantitative estimate of drug-likeness (QED) is 0.436. The van der Waals surface area contributed by atoms with E-state index in [-0.39, 0.29) is 13.0 Å². The molecule has 0 spiro atoms. The number of alkyl carbamates (subject to hydrolysis) is 1. The zero-order valence-corrected chi connectivity index (χ0v) is 21.1. The Balaban J connectivity index is 2.04. The number of benzene rings is 2. The Kier molecular flexibility index (Phi) is 8.51. The van der Waals surface area contributed by atoms with Crippen molar-refractivity contribution in [3.05, 3.63) is 71.3 Å². The summed E-state index contributed by atoms with van der Waals surface area (Å²) in [7, 11) is 0. The second-order valence-corrected chi connectivity index (χ2v) is 9.89. The molecule has 13 heteroatoms. The topological polar surface area (TPSA) is 84.9 Å². The van der Waals surface area contributed by atoms with E-state index in [1.165, 1.54) is 20.8 Å². The molecule has 3 atom stereocenters. The van der Waals surface area contributed by atoms with Gasteiger partial charge in [-0.3, -0.25) is 4.79 Å². The lowest BCUT2D eigenvalue weighted by molar-refractivity contribution is -0.193. The number of halogens is 6. The molecule has 0 radical (unpaired) electrons. The summed E-state index contributed by atoms with van der Waals surface area (Å²) in [6.07, 6.45) is -12.8. The molecule has 0 unspecified atom stereocenters. The third-order valence-corrected chi connectivity index (χ3v) is 5.73. The fourth-order valence-corrected chi connectivity index (χ4v) is 4.06. The normalized spacial score (nSPS) is 17.8. The minimum absolute atomic E-state index is 0.00661. The van der Waals surface area contributed by atoms with Crippen molar-refractivity contribution in [2.24, 2.45) is 5.92 Å². The molecule has 1 saturated heterocycles. The van der Waals surface area contributed by atoms with E-state index in [1.54, 1.807) is 30.3 Å². The van der Waals surface area contributed by atoms with Crippen molar-refractivity contribution in [3.8, 4) is 0 Å². The molecule has 2 aromatic carbocycles. The molecule has 1 aliphatic rings. The molecule has 0 saturated carbocycles. The largest absolute Gasteiger partial charge is 0.447 e. The fourth-order valence-electron chi connectivity index (χ4n) is 4.06. The molecule has 0 aromatic heterocycles. The van der Waals surface area contributed by atoms with Crippen LogP contribution in [0.2, 0.25) is 0 Å². The summed E-state index contributed by atoms with van der Waals surface area (Å²) in [5.41, 5.74) is -2.14. The number of hydrogen-bond acceptors (Lipinski definition) is 5. The maximum atomic E-state index is 14.5. The molecule has 1 aliphatic heterocycles. The number of cyclic esters (lactones) is 1. The minimum Gasteiger partial charge on any atom is -0.447 e. The maximum Gasteiger partial charge on any atom is 0.417 e. The zero-order chi connectivity index (χ0) is 29.2. The van der Waals surface area contributed by atoms with Gasteiger partial charge in [0.15, 0.2) is 5.92 Å². The molecule has 0 bridgehead atoms. The summed E-state index contributed by atoms with van der Waals surface area (Å²) in [4.78, 5) is 38.8. The van der Waals surface area contributed by atoms with Crippen LogP contribution in [0.25, 0.3) is 0 Å². The molecule has 212 valence electrons. The van der Waals surface area contributed by atoms with Gasteiger partial charge in [-0.05, 0) is 50.5 Å². The molecule has 2 aromatic rings. The van der Waals surface area contributed by atoms with Crippen molar-refractivity contribution < 1.29 is 50.2 Å². The Labute approximate surface area is 220 Å². The van der Waals surface area contributed by atoms with Crippen LogP contribution in [0.15, 0.2) is 54.6 Å². The molecular weight excluding hydrogens is 534 g/mol. The van der Waals surface area contributed by atoms with Crippen LogP contribution in [0.1, 0.15) is 43.5 Å². The lowest BCUT2D eigenvalue weighted by atomic mass is 9.89. The van der Waals surface area contributed by atoms with Crippen LogP contribution < -0.4 is 5.32 Å². The number of amides is 3. The summed E-state index contributed by atoms with van der Waals surface area (Å²) >= 11 is 0. The van der Waals surface area contributed by atoms with Crippen molar-refractivity contribution in [2.75, 3.05) is 6.61 Å². The van der Waals surface area contributed by atoms with E-state index >= 15 is 0 Å². The predicted molar refractivity (Wildman–Crippen MR) is 125 cm³/mol. The van der Waals surface area contributed by atoms with E-state index in [0.717, 1.165) is 12.1 Å². The molecule has 1 N–H and O–H groups in total. The number of rotatable bonds is 6. The van der Waals surface area contributed by atoms with Gasteiger partial charge in [-0.15, -0.1) is 0 Å². The number of carbonyl (C=O) groups is 3. The van der Waals surface area contributed by atoms with Crippen molar-refractivity contribution in [1.29, 1.82) is 0 Å². The first-order chi connectivity index (χ1) is 18.0. The highest BCUT2D eigenvalue weighted by Crippen LogP contribution is 2.40. The summed E-state index contributed by atoms with van der Waals surface area (Å²) in [5.74, 6) is -4.79. The Hall–Kier alpha value is -3.77. The highest BCUT2D eigenvalue weighted by molar-refractivity contribution is 5.96. The van der Waals surface area contributed by atoms with Gasteiger partial charge in [-0.2, -0.15) is 26.3 Å². The third-order valence-electron chi connectivity index (χ3n) is 5.73. The lowest BCUT2D eigenvalue weighted by Crippen LogP contribution is -2.52. The second kappa shape index (κ2) is 11.1. The Morgan fingerprint density at radius 2 is 1.59 bits per heavy atom. The third kappa shape index (κ3) is 7.64. The summed E-state index contributed by atoms with van der Waals surface area (Å²) in [6.45, 7) is 3.97. The summed E-state index contributed by atoms with van der Waals surface area (Å²) in [6, 6.07) is 7.53. The Bertz CT molecular complexity index is 1180. The first kappa shape index (κ1) is 29.8. The number of nitrogens with one attached hydrogen (secondary N) is 1. The predicted octanol–water partition coefficient (Wildman–Crippen LogP) is 6.04. The van der Waals surface area contributed by atoms with Gasteiger partial charge < -0.3 is 14.8 Å². The molecule has 7 nitrogen and oxygen atoms in total. The first-order valence-electron chi connectivity index (χ1n) is 11.7. The molecular formula is C26H26F6N2O5. The van der Waals surface area contributed by atoms with Gasteiger partial charge in [0, 0.05) is 0 Å². The van der Waals surface area contributed by atoms with Gasteiger partial charge in [0.1, 0.15) is 12.2 Å². The van der Waals surface area contributed by atoms with Crippen molar-refractivity contribution in [1.82, 2.24) is 10.2 Å². The number of nitrogens with zero attached hydrogens (tertiary/aromatic N) is 1. The molecule has 3 amide bonds. The van der Waals surface area contributed by atoms with E-state index < -0.39 is 65.2 Å². The monoisotopic (exact) mass is 560 g/mol. The van der Waals surface area contributed by atoms with Crippen LogP contribution in [0.5, 0.6) is 0 Å². The average molecular weight is 560 g/mol. The van der Waals surface area contributed by atoms with Crippen molar-refractivity contribution >= 4 is 18.1 Å². The van der Waals surface area contributed by atoms with Gasteiger partial charge in [0.05, 0.1) is 17.6 Å². The maximum absolute atomic E-state index is 14.5. The highest BCUT2D eigenvalue weighted by Gasteiger charge is 2.55. The van der Waals surface area contributed by atoms with Crippen LogP contribution >= 0.6 is 0 Å². The second-order valence-electron chi connectivity index (χ2n) is 9.89. The van der Waals surface area contributed by atoms with Crippen LogP contribution in [0.3, 0.4) is 0 Å². The molecule has 1 fully saturated rings. The van der Waals surface area contributed by atoms with E-state index in [4.69, 9.17) is 9.47 Å². The van der Waals surface area contributed by atoms with Gasteiger partial charge in [0.2, 0.25) is 5.91 Å². The van der Waals surface area contributed by atoms with Crippen molar-refractivity contribution in [2.45, 2.75) is 57.2 Å². The standard InChI is InChI=1S/C26H26F6N2O5/c1-24(2,3)39-22(36)33-20(16-9-11-17(12-10-16)25(27,28)29)19(26(30,31)32)21(35)34-18(14-38-23(34)37)13-15-7-5-4-6-8-15/h4-12,18-20H,13-14H2,1-3H3,(H,33,36)/t18-,19+,20-/m0/s1. The number of hydrogen-bond donors (Lipinski definition) is 1. The van der Waals surface area contributed by atoms with Gasteiger partial charge >= 0.3 is 24.5 Å². The molecule has 1 heterocycles. The van der Waals surface area contributed by atoms with Crippen molar-refractivity contribution in [3.63, 3.8) is 0 Å². The highest BCUT2D eigenvalue weighted by atomic mass is 19.4. The zero-order valence-electron chi connectivity index (χ0n) is 21.1. The van der Waals surface area contributed by atoms with Crippen LogP contribution in [-0.4, -0.2) is 47.4 Å². The van der Waals surface area contributed by atoms with Crippen LogP contribution in [-0.2, 0) is 26.9 Å². The van der Waals surface area contributed by atoms with E-state index in [2.05, 4.69) is 0 Å². The summed E-state index contributed by atoms with van der Waals surface area (Å²) < 4.78 is 92.7. The number of alkyl halides is 6. The van der Waals surface area contributed by atoms with E-state index in [0.29, 0.717) is 22.6 Å². The Morgan fingerprint density at radius 1 is 1.00 bits per heavy atom. The van der Waals surface area contributed by atoms with E-state index in [9.17, 15) is 40.7 Å². The number of carbonyl (C=O) groups excluding carboxylic acids is 3. The number of ether oxygens (including phenoxy) is 2. The van der Waals surface area contributed by atoms with Gasteiger partial charge in [-0.1, -0.05) is 42.5 Å². The lowest BCUT2D eigenvalue weighted by Gasteiger charge is -2.33. The van der Waals surface area contributed by atoms with Gasteiger partial charge in [-0.25, -0.2) is 14.5 Å². The first-order valence-corrected chi connectivity index (χ1v) is 11.7. The number of imide groups is 1. The molecule has 39 heavy (non-hydrogen) atoms. The van der Waals surface area contributed by atoms with Crippen LogP contribution in [0.4, 0.5) is 35.9 Å². The smallest absolute Gasteiger partial charge is 0.417 e.